The summed E-state index contributed by atoms with van der Waals surface area (Å²) < 4.78 is 23.7. The molecule has 4 heteroatoms. The van der Waals surface area contributed by atoms with Crippen LogP contribution in [-0.4, -0.2) is 25.9 Å². The van der Waals surface area contributed by atoms with Crippen LogP contribution in [0.4, 0.5) is 10.1 Å². The highest BCUT2D eigenvalue weighted by Gasteiger charge is 2.29. The van der Waals surface area contributed by atoms with Gasteiger partial charge in [0.05, 0.1) is 18.4 Å². The summed E-state index contributed by atoms with van der Waals surface area (Å²) in [5.41, 5.74) is 0.854. The highest BCUT2D eigenvalue weighted by molar-refractivity contribution is 5.57. The number of benzene rings is 1. The van der Waals surface area contributed by atoms with E-state index in [4.69, 9.17) is 9.47 Å². The lowest BCUT2D eigenvalue weighted by molar-refractivity contribution is 0.0328. The molecule has 0 unspecified atom stereocenters. The van der Waals surface area contributed by atoms with Gasteiger partial charge >= 0.3 is 0 Å². The number of ether oxygens (including phenoxy) is 2. The van der Waals surface area contributed by atoms with Gasteiger partial charge in [0.15, 0.2) is 0 Å². The second-order valence-electron chi connectivity index (χ2n) is 4.24. The Hall–Kier alpha value is -1.29. The lowest BCUT2D eigenvalue weighted by atomic mass is 9.89. The topological polar surface area (TPSA) is 30.5 Å². The van der Waals surface area contributed by atoms with E-state index in [2.05, 4.69) is 5.32 Å². The Morgan fingerprint density at radius 3 is 2.82 bits per heavy atom. The molecule has 17 heavy (non-hydrogen) atoms. The molecule has 0 aromatic heterocycles. The van der Waals surface area contributed by atoms with Gasteiger partial charge in [-0.2, -0.15) is 0 Å². The maximum absolute atomic E-state index is 13.1. The predicted octanol–water partition coefficient (Wildman–Crippen LogP) is 2.81. The molecule has 1 fully saturated rings. The van der Waals surface area contributed by atoms with Gasteiger partial charge in [-0.05, 0) is 31.9 Å². The molecule has 1 N–H and O–H groups in total. The Balaban J connectivity index is 2.00. The minimum atomic E-state index is -0.276. The average Bonchev–Trinajstić information content (AvgIpc) is 2.25. The summed E-state index contributed by atoms with van der Waals surface area (Å²) in [6.07, 6.45) is 2.32. The minimum Gasteiger partial charge on any atom is -0.492 e. The van der Waals surface area contributed by atoms with Crippen LogP contribution in [0.3, 0.4) is 0 Å². The Bertz CT molecular complexity index is 378. The molecule has 0 saturated heterocycles. The van der Waals surface area contributed by atoms with Gasteiger partial charge in [-0.15, -0.1) is 0 Å². The SMILES string of the molecule is CCOc1cc(F)ccc1NC1CC(OC)C1. The number of nitrogens with one attached hydrogen (secondary N) is 1. The first-order valence-electron chi connectivity index (χ1n) is 5.94. The zero-order valence-electron chi connectivity index (χ0n) is 10.2. The van der Waals surface area contributed by atoms with E-state index >= 15 is 0 Å². The number of hydrogen-bond donors (Lipinski definition) is 1. The monoisotopic (exact) mass is 239 g/mol. The van der Waals surface area contributed by atoms with Crippen LogP contribution in [0.15, 0.2) is 18.2 Å². The molecule has 0 radical (unpaired) electrons. The Kier molecular flexibility index (Phi) is 3.84. The van der Waals surface area contributed by atoms with Crippen molar-refractivity contribution in [1.82, 2.24) is 0 Å². The van der Waals surface area contributed by atoms with Crippen LogP contribution < -0.4 is 10.1 Å². The van der Waals surface area contributed by atoms with E-state index < -0.39 is 0 Å². The fraction of sp³-hybridized carbons (Fsp3) is 0.538. The van der Waals surface area contributed by atoms with Crippen molar-refractivity contribution >= 4 is 5.69 Å². The fourth-order valence-corrected chi connectivity index (χ4v) is 1.99. The molecule has 0 spiro atoms. The molecule has 0 atom stereocenters. The van der Waals surface area contributed by atoms with Crippen LogP contribution in [0.25, 0.3) is 0 Å². The zero-order valence-corrected chi connectivity index (χ0v) is 10.2. The number of halogens is 1. The molecule has 1 saturated carbocycles. The van der Waals surface area contributed by atoms with Gasteiger partial charge in [0.25, 0.3) is 0 Å². The Morgan fingerprint density at radius 1 is 1.41 bits per heavy atom. The third kappa shape index (κ3) is 2.88. The van der Waals surface area contributed by atoms with Crippen LogP contribution in [0, 0.1) is 5.82 Å². The summed E-state index contributed by atoms with van der Waals surface area (Å²) in [6.45, 7) is 2.42. The predicted molar refractivity (Wildman–Crippen MR) is 65.0 cm³/mol. The second kappa shape index (κ2) is 5.36. The fourth-order valence-electron chi connectivity index (χ4n) is 1.99. The molecular formula is C13H18FNO2. The highest BCUT2D eigenvalue weighted by atomic mass is 19.1. The zero-order chi connectivity index (χ0) is 12.3. The maximum atomic E-state index is 13.1. The van der Waals surface area contributed by atoms with E-state index in [-0.39, 0.29) is 5.82 Å². The van der Waals surface area contributed by atoms with Gasteiger partial charge in [-0.1, -0.05) is 0 Å². The summed E-state index contributed by atoms with van der Waals surface area (Å²) >= 11 is 0. The second-order valence-corrected chi connectivity index (χ2v) is 4.24. The summed E-state index contributed by atoms with van der Waals surface area (Å²) in [4.78, 5) is 0. The molecule has 1 aromatic carbocycles. The third-order valence-corrected chi connectivity index (χ3v) is 3.03. The van der Waals surface area contributed by atoms with Gasteiger partial charge in [0.2, 0.25) is 0 Å². The number of methoxy groups -OCH3 is 1. The highest BCUT2D eigenvalue weighted by Crippen LogP contribution is 2.31. The minimum absolute atomic E-state index is 0.276. The van der Waals surface area contributed by atoms with Gasteiger partial charge in [-0.3, -0.25) is 0 Å². The molecular weight excluding hydrogens is 221 g/mol. The van der Waals surface area contributed by atoms with Crippen molar-refractivity contribution < 1.29 is 13.9 Å². The van der Waals surface area contributed by atoms with Crippen LogP contribution in [0.2, 0.25) is 0 Å². The quantitative estimate of drug-likeness (QED) is 0.857. The molecule has 0 amide bonds. The molecule has 1 aliphatic carbocycles. The normalized spacial score (nSPS) is 23.0. The average molecular weight is 239 g/mol. The lowest BCUT2D eigenvalue weighted by Gasteiger charge is -2.35. The van der Waals surface area contributed by atoms with Crippen molar-refractivity contribution in [2.24, 2.45) is 0 Å². The summed E-state index contributed by atoms with van der Waals surface area (Å²) in [5.74, 6) is 0.302. The molecule has 0 heterocycles. The maximum Gasteiger partial charge on any atom is 0.145 e. The van der Waals surface area contributed by atoms with E-state index in [1.807, 2.05) is 6.92 Å². The largest absolute Gasteiger partial charge is 0.492 e. The summed E-state index contributed by atoms with van der Waals surface area (Å²) in [5, 5.41) is 3.35. The van der Waals surface area contributed by atoms with Crippen molar-refractivity contribution in [2.75, 3.05) is 19.0 Å². The van der Waals surface area contributed by atoms with Crippen molar-refractivity contribution in [3.63, 3.8) is 0 Å². The Morgan fingerprint density at radius 2 is 2.18 bits per heavy atom. The van der Waals surface area contributed by atoms with Gasteiger partial charge in [-0.25, -0.2) is 4.39 Å². The summed E-state index contributed by atoms with van der Waals surface area (Å²) in [7, 11) is 1.73. The van der Waals surface area contributed by atoms with Crippen molar-refractivity contribution in [3.8, 4) is 5.75 Å². The summed E-state index contributed by atoms with van der Waals surface area (Å²) in [6, 6.07) is 4.97. The van der Waals surface area contributed by atoms with Crippen LogP contribution in [0.5, 0.6) is 5.75 Å². The van der Waals surface area contributed by atoms with Gasteiger partial charge in [0, 0.05) is 19.2 Å². The van der Waals surface area contributed by atoms with Crippen LogP contribution in [0.1, 0.15) is 19.8 Å². The number of anilines is 1. The molecule has 1 aliphatic rings. The van der Waals surface area contributed by atoms with Crippen LogP contribution >= 0.6 is 0 Å². The van der Waals surface area contributed by atoms with E-state index in [1.165, 1.54) is 12.1 Å². The molecule has 0 aliphatic heterocycles. The molecule has 0 bridgehead atoms. The third-order valence-electron chi connectivity index (χ3n) is 3.03. The van der Waals surface area contributed by atoms with Gasteiger partial charge in [0.1, 0.15) is 11.6 Å². The van der Waals surface area contributed by atoms with E-state index in [9.17, 15) is 4.39 Å². The van der Waals surface area contributed by atoms with Gasteiger partial charge < -0.3 is 14.8 Å². The smallest absolute Gasteiger partial charge is 0.145 e. The van der Waals surface area contributed by atoms with E-state index in [0.29, 0.717) is 24.5 Å². The van der Waals surface area contributed by atoms with E-state index in [1.54, 1.807) is 13.2 Å². The first-order valence-corrected chi connectivity index (χ1v) is 5.94. The standard InChI is InChI=1S/C13H18FNO2/c1-3-17-13-6-9(14)4-5-12(13)15-10-7-11(8-10)16-2/h4-6,10-11,15H,3,7-8H2,1-2H3. The molecule has 3 nitrogen and oxygen atoms in total. The number of hydrogen-bond acceptors (Lipinski definition) is 3. The molecule has 94 valence electrons. The van der Waals surface area contributed by atoms with E-state index in [0.717, 1.165) is 18.5 Å². The first kappa shape index (κ1) is 12.2. The van der Waals surface area contributed by atoms with Crippen molar-refractivity contribution in [1.29, 1.82) is 0 Å². The first-order chi connectivity index (χ1) is 8.22. The number of rotatable bonds is 5. The van der Waals surface area contributed by atoms with Crippen LogP contribution in [-0.2, 0) is 4.74 Å². The molecule has 2 rings (SSSR count). The van der Waals surface area contributed by atoms with Crippen molar-refractivity contribution in [3.05, 3.63) is 24.0 Å². The van der Waals surface area contributed by atoms with Crippen molar-refractivity contribution in [2.45, 2.75) is 31.9 Å². The lowest BCUT2D eigenvalue weighted by Crippen LogP contribution is -2.40. The molecule has 1 aromatic rings. The Labute approximate surface area is 101 Å².